The first kappa shape index (κ1) is 15.3. The van der Waals surface area contributed by atoms with Gasteiger partial charge in [0.15, 0.2) is 0 Å². The van der Waals surface area contributed by atoms with Crippen LogP contribution < -0.4 is 5.32 Å². The molecule has 0 aliphatic carbocycles. The molecule has 0 bridgehead atoms. The van der Waals surface area contributed by atoms with E-state index in [1.54, 1.807) is 0 Å². The highest BCUT2D eigenvalue weighted by Crippen LogP contribution is 2.27. The van der Waals surface area contributed by atoms with E-state index >= 15 is 0 Å². The molecule has 1 heterocycles. The van der Waals surface area contributed by atoms with Gasteiger partial charge in [-0.15, -0.1) is 0 Å². The number of thioether (sulfide) groups is 1. The van der Waals surface area contributed by atoms with Crippen LogP contribution in [0.1, 0.15) is 41.5 Å². The van der Waals surface area contributed by atoms with Crippen LogP contribution in [-0.2, 0) is 0 Å². The molecule has 0 radical (unpaired) electrons. The number of nitrogens with one attached hydrogen (secondary N) is 1. The minimum atomic E-state index is 0.367. The van der Waals surface area contributed by atoms with Crippen molar-refractivity contribution in [3.63, 3.8) is 0 Å². The second-order valence-corrected chi connectivity index (χ2v) is 8.53. The van der Waals surface area contributed by atoms with Gasteiger partial charge in [-0.3, -0.25) is 0 Å². The largest absolute Gasteiger partial charge is 0.314 e. The zero-order valence-electron chi connectivity index (χ0n) is 12.4. The van der Waals surface area contributed by atoms with Gasteiger partial charge in [-0.05, 0) is 5.41 Å². The molecule has 2 atom stereocenters. The molecule has 1 aliphatic rings. The second-order valence-electron chi connectivity index (χ2n) is 6.65. The highest BCUT2D eigenvalue weighted by molar-refractivity contribution is 8.00. The maximum Gasteiger partial charge on any atom is 0.0149 e. The molecule has 17 heavy (non-hydrogen) atoms. The number of hydrogen-bond donors (Lipinski definition) is 1. The van der Waals surface area contributed by atoms with Crippen LogP contribution in [0.15, 0.2) is 0 Å². The minimum absolute atomic E-state index is 0.367. The van der Waals surface area contributed by atoms with Gasteiger partial charge in [0, 0.05) is 42.7 Å². The van der Waals surface area contributed by atoms with Crippen molar-refractivity contribution in [3.05, 3.63) is 0 Å². The molecule has 1 saturated heterocycles. The molecule has 1 rings (SSSR count). The lowest BCUT2D eigenvalue weighted by Gasteiger charge is -2.39. The third-order valence-electron chi connectivity index (χ3n) is 3.14. The molecule has 102 valence electrons. The van der Waals surface area contributed by atoms with E-state index in [-0.39, 0.29) is 0 Å². The lowest BCUT2D eigenvalue weighted by molar-refractivity contribution is 0.170. The highest BCUT2D eigenvalue weighted by atomic mass is 32.2. The Morgan fingerprint density at radius 3 is 2.24 bits per heavy atom. The molecule has 0 saturated carbocycles. The van der Waals surface area contributed by atoms with Crippen LogP contribution in [-0.4, -0.2) is 47.6 Å². The van der Waals surface area contributed by atoms with E-state index in [1.807, 2.05) is 0 Å². The van der Waals surface area contributed by atoms with Gasteiger partial charge in [0.25, 0.3) is 0 Å². The summed E-state index contributed by atoms with van der Waals surface area (Å²) < 4.78 is 0. The molecule has 0 aromatic rings. The van der Waals surface area contributed by atoms with Crippen molar-refractivity contribution in [2.45, 2.75) is 58.1 Å². The van der Waals surface area contributed by atoms with Gasteiger partial charge in [-0.25, -0.2) is 0 Å². The molecule has 0 amide bonds. The molecular formula is C14H30N2S. The molecule has 0 aromatic heterocycles. The van der Waals surface area contributed by atoms with Gasteiger partial charge in [-0.1, -0.05) is 41.5 Å². The predicted molar refractivity (Wildman–Crippen MR) is 79.9 cm³/mol. The smallest absolute Gasteiger partial charge is 0.0149 e. The molecule has 2 nitrogen and oxygen atoms in total. The highest BCUT2D eigenvalue weighted by Gasteiger charge is 2.27. The lowest BCUT2D eigenvalue weighted by atomic mass is 9.92. The predicted octanol–water partition coefficient (Wildman–Crippen LogP) is 2.84. The maximum absolute atomic E-state index is 3.57. The number of rotatable bonds is 5. The maximum atomic E-state index is 3.57. The zero-order valence-corrected chi connectivity index (χ0v) is 13.2. The first-order chi connectivity index (χ1) is 7.78. The zero-order chi connectivity index (χ0) is 13.1. The standard InChI is InChI=1S/C14H30N2S/c1-11(2)15-9-14(5,6)10-16-7-12(3)17-13(4)8-16/h11-13,15H,7-10H2,1-6H3. The van der Waals surface area contributed by atoms with Crippen LogP contribution in [0.3, 0.4) is 0 Å². The van der Waals surface area contributed by atoms with Gasteiger partial charge >= 0.3 is 0 Å². The fourth-order valence-electron chi connectivity index (χ4n) is 2.56. The Labute approximate surface area is 112 Å². The summed E-state index contributed by atoms with van der Waals surface area (Å²) in [5.41, 5.74) is 0.367. The van der Waals surface area contributed by atoms with Crippen LogP contribution in [0.2, 0.25) is 0 Å². The normalized spacial score (nSPS) is 27.7. The summed E-state index contributed by atoms with van der Waals surface area (Å²) in [6.07, 6.45) is 0. The van der Waals surface area contributed by atoms with Crippen LogP contribution in [0.25, 0.3) is 0 Å². The van der Waals surface area contributed by atoms with Gasteiger partial charge in [0.05, 0.1) is 0 Å². The second kappa shape index (κ2) is 6.44. The van der Waals surface area contributed by atoms with Crippen molar-refractivity contribution in [2.75, 3.05) is 26.2 Å². The van der Waals surface area contributed by atoms with Gasteiger partial charge < -0.3 is 10.2 Å². The van der Waals surface area contributed by atoms with Gasteiger partial charge in [-0.2, -0.15) is 11.8 Å². The fraction of sp³-hybridized carbons (Fsp3) is 1.00. The Morgan fingerprint density at radius 1 is 1.24 bits per heavy atom. The molecule has 1 N–H and O–H groups in total. The summed E-state index contributed by atoms with van der Waals surface area (Å²) in [6.45, 7) is 18.7. The van der Waals surface area contributed by atoms with E-state index in [0.29, 0.717) is 11.5 Å². The van der Waals surface area contributed by atoms with E-state index in [0.717, 1.165) is 17.0 Å². The van der Waals surface area contributed by atoms with Crippen molar-refractivity contribution >= 4 is 11.8 Å². The van der Waals surface area contributed by atoms with Gasteiger partial charge in [0.1, 0.15) is 0 Å². The van der Waals surface area contributed by atoms with E-state index in [4.69, 9.17) is 0 Å². The average Bonchev–Trinajstić information content (AvgIpc) is 2.12. The summed E-state index contributed by atoms with van der Waals surface area (Å²) in [5.74, 6) is 0. The molecule has 3 heteroatoms. The fourth-order valence-corrected chi connectivity index (χ4v) is 3.94. The third kappa shape index (κ3) is 6.12. The Morgan fingerprint density at radius 2 is 1.76 bits per heavy atom. The van der Waals surface area contributed by atoms with Crippen molar-refractivity contribution in [1.29, 1.82) is 0 Å². The first-order valence-electron chi connectivity index (χ1n) is 6.90. The molecular weight excluding hydrogens is 228 g/mol. The topological polar surface area (TPSA) is 15.3 Å². The Bertz CT molecular complexity index is 218. The monoisotopic (exact) mass is 258 g/mol. The van der Waals surface area contributed by atoms with Crippen molar-refractivity contribution in [3.8, 4) is 0 Å². The molecule has 2 unspecified atom stereocenters. The molecule has 1 aliphatic heterocycles. The number of hydrogen-bond acceptors (Lipinski definition) is 3. The Hall–Kier alpha value is 0.270. The summed E-state index contributed by atoms with van der Waals surface area (Å²) >= 11 is 2.13. The van der Waals surface area contributed by atoms with E-state index in [2.05, 4.69) is 63.5 Å². The van der Waals surface area contributed by atoms with Crippen LogP contribution in [0.5, 0.6) is 0 Å². The first-order valence-corrected chi connectivity index (χ1v) is 7.84. The van der Waals surface area contributed by atoms with E-state index < -0.39 is 0 Å². The molecule has 0 spiro atoms. The summed E-state index contributed by atoms with van der Waals surface area (Å²) in [5, 5.41) is 5.14. The number of nitrogens with zero attached hydrogens (tertiary/aromatic N) is 1. The molecule has 0 aromatic carbocycles. The van der Waals surface area contributed by atoms with Crippen LogP contribution in [0, 0.1) is 5.41 Å². The summed E-state index contributed by atoms with van der Waals surface area (Å²) in [7, 11) is 0. The average molecular weight is 258 g/mol. The van der Waals surface area contributed by atoms with Gasteiger partial charge in [0.2, 0.25) is 0 Å². The van der Waals surface area contributed by atoms with Crippen molar-refractivity contribution < 1.29 is 0 Å². The van der Waals surface area contributed by atoms with E-state index in [9.17, 15) is 0 Å². The lowest BCUT2D eigenvalue weighted by Crippen LogP contribution is -2.47. The summed E-state index contributed by atoms with van der Waals surface area (Å²) in [6, 6.07) is 0.587. The van der Waals surface area contributed by atoms with Crippen LogP contribution >= 0.6 is 11.8 Å². The SMILES string of the molecule is CC(C)NCC(C)(C)CN1CC(C)SC(C)C1. The van der Waals surface area contributed by atoms with Crippen molar-refractivity contribution in [2.24, 2.45) is 5.41 Å². The van der Waals surface area contributed by atoms with E-state index in [1.165, 1.54) is 19.6 Å². The van der Waals surface area contributed by atoms with Crippen LogP contribution in [0.4, 0.5) is 0 Å². The Kier molecular flexibility index (Phi) is 5.81. The quantitative estimate of drug-likeness (QED) is 0.816. The minimum Gasteiger partial charge on any atom is -0.314 e. The summed E-state index contributed by atoms with van der Waals surface area (Å²) in [4.78, 5) is 2.65. The molecule has 1 fully saturated rings. The third-order valence-corrected chi connectivity index (χ3v) is 4.36. The van der Waals surface area contributed by atoms with Crippen molar-refractivity contribution in [1.82, 2.24) is 10.2 Å². The Balaban J connectivity index is 2.40.